The van der Waals surface area contributed by atoms with Crippen molar-refractivity contribution in [1.82, 2.24) is 9.97 Å². The zero-order chi connectivity index (χ0) is 9.97. The van der Waals surface area contributed by atoms with Gasteiger partial charge in [0.2, 0.25) is 0 Å². The summed E-state index contributed by atoms with van der Waals surface area (Å²) in [5.74, 6) is 1.56. The fourth-order valence-corrected chi connectivity index (χ4v) is 1.63. The Bertz CT molecular complexity index is 315. The van der Waals surface area contributed by atoms with Crippen LogP contribution >= 0.6 is 0 Å². The number of aromatic nitrogens is 2. The lowest BCUT2D eigenvalue weighted by Gasteiger charge is -2.41. The van der Waals surface area contributed by atoms with Crippen molar-refractivity contribution in [3.63, 3.8) is 0 Å². The number of nitrogens with zero attached hydrogens (tertiary/aromatic N) is 3. The third-order valence-electron chi connectivity index (χ3n) is 2.57. The second kappa shape index (κ2) is 3.79. The molecule has 0 radical (unpaired) electrons. The molecule has 5 heteroatoms. The molecule has 0 aliphatic carbocycles. The van der Waals surface area contributed by atoms with Gasteiger partial charge in [-0.2, -0.15) is 0 Å². The number of nitrogens with two attached hydrogens (primary N) is 1. The Morgan fingerprint density at radius 2 is 2.57 bits per heavy atom. The van der Waals surface area contributed by atoms with Crippen molar-refractivity contribution in [2.24, 2.45) is 5.73 Å². The monoisotopic (exact) mass is 194 g/mol. The van der Waals surface area contributed by atoms with E-state index in [4.69, 9.17) is 10.5 Å². The topological polar surface area (TPSA) is 64.3 Å². The Hall–Kier alpha value is -1.36. The molecule has 0 bridgehead atoms. The smallest absolute Gasteiger partial charge is 0.179 e. The van der Waals surface area contributed by atoms with Crippen LogP contribution in [0.1, 0.15) is 6.42 Å². The van der Waals surface area contributed by atoms with E-state index in [2.05, 4.69) is 14.9 Å². The Kier molecular flexibility index (Phi) is 2.49. The second-order valence-electron chi connectivity index (χ2n) is 3.29. The van der Waals surface area contributed by atoms with Gasteiger partial charge in [0, 0.05) is 19.1 Å². The summed E-state index contributed by atoms with van der Waals surface area (Å²) in [4.78, 5) is 10.3. The maximum Gasteiger partial charge on any atom is 0.179 e. The van der Waals surface area contributed by atoms with Gasteiger partial charge >= 0.3 is 0 Å². The van der Waals surface area contributed by atoms with Crippen molar-refractivity contribution in [3.8, 4) is 5.75 Å². The summed E-state index contributed by atoms with van der Waals surface area (Å²) >= 11 is 0. The van der Waals surface area contributed by atoms with Crippen LogP contribution in [-0.4, -0.2) is 36.2 Å². The summed E-state index contributed by atoms with van der Waals surface area (Å²) in [7, 11) is 1.62. The molecular weight excluding hydrogens is 180 g/mol. The molecule has 1 atom stereocenters. The molecule has 1 aromatic rings. The Morgan fingerprint density at radius 1 is 1.71 bits per heavy atom. The molecule has 1 fully saturated rings. The molecule has 0 amide bonds. The number of hydrogen-bond donors (Lipinski definition) is 1. The molecule has 2 N–H and O–H groups in total. The zero-order valence-corrected chi connectivity index (χ0v) is 8.18. The van der Waals surface area contributed by atoms with Gasteiger partial charge in [-0.25, -0.2) is 9.97 Å². The van der Waals surface area contributed by atoms with Crippen molar-refractivity contribution in [1.29, 1.82) is 0 Å². The summed E-state index contributed by atoms with van der Waals surface area (Å²) in [5.41, 5.74) is 5.63. The number of ether oxygens (including phenoxy) is 1. The first-order chi connectivity index (χ1) is 6.86. The summed E-state index contributed by atoms with van der Waals surface area (Å²) in [6, 6.07) is 0.402. The Morgan fingerprint density at radius 3 is 3.14 bits per heavy atom. The SMILES string of the molecule is COc1cncnc1N1CCC1CN. The molecule has 1 unspecified atom stereocenters. The van der Waals surface area contributed by atoms with Gasteiger partial charge in [-0.3, -0.25) is 0 Å². The predicted octanol–water partition coefficient (Wildman–Crippen LogP) is 0.0226. The van der Waals surface area contributed by atoms with E-state index in [-0.39, 0.29) is 0 Å². The molecule has 1 aromatic heterocycles. The molecule has 5 nitrogen and oxygen atoms in total. The van der Waals surface area contributed by atoms with Gasteiger partial charge in [-0.05, 0) is 6.42 Å². The van der Waals surface area contributed by atoms with Crippen LogP contribution in [0.15, 0.2) is 12.5 Å². The maximum atomic E-state index is 5.63. The van der Waals surface area contributed by atoms with Crippen LogP contribution in [0, 0.1) is 0 Å². The average molecular weight is 194 g/mol. The normalized spacial score (nSPS) is 20.4. The first-order valence-electron chi connectivity index (χ1n) is 4.67. The predicted molar refractivity (Wildman–Crippen MR) is 53.4 cm³/mol. The van der Waals surface area contributed by atoms with Crippen LogP contribution in [0.25, 0.3) is 0 Å². The summed E-state index contributed by atoms with van der Waals surface area (Å²) in [6.45, 7) is 1.66. The molecule has 14 heavy (non-hydrogen) atoms. The third-order valence-corrected chi connectivity index (χ3v) is 2.57. The number of methoxy groups -OCH3 is 1. The van der Waals surface area contributed by atoms with Crippen molar-refractivity contribution < 1.29 is 4.74 Å². The minimum Gasteiger partial charge on any atom is -0.491 e. The first-order valence-corrected chi connectivity index (χ1v) is 4.67. The van der Waals surface area contributed by atoms with Crippen molar-refractivity contribution in [2.45, 2.75) is 12.5 Å². The maximum absolute atomic E-state index is 5.63. The minimum atomic E-state index is 0.402. The fraction of sp³-hybridized carbons (Fsp3) is 0.556. The van der Waals surface area contributed by atoms with E-state index in [1.807, 2.05) is 0 Å². The second-order valence-corrected chi connectivity index (χ2v) is 3.29. The number of rotatable bonds is 3. The molecule has 0 saturated carbocycles. The largest absolute Gasteiger partial charge is 0.491 e. The van der Waals surface area contributed by atoms with Crippen molar-refractivity contribution >= 4 is 5.82 Å². The standard InChI is InChI=1S/C9H14N4O/c1-14-8-5-11-6-12-9(8)13-3-2-7(13)4-10/h5-7H,2-4,10H2,1H3. The van der Waals surface area contributed by atoms with Crippen LogP contribution in [0.5, 0.6) is 5.75 Å². The van der Waals surface area contributed by atoms with Crippen LogP contribution in [0.2, 0.25) is 0 Å². The van der Waals surface area contributed by atoms with E-state index in [9.17, 15) is 0 Å². The van der Waals surface area contributed by atoms with E-state index in [1.165, 1.54) is 6.33 Å². The van der Waals surface area contributed by atoms with E-state index >= 15 is 0 Å². The van der Waals surface area contributed by atoms with Gasteiger partial charge in [0.1, 0.15) is 6.33 Å². The first kappa shape index (κ1) is 9.21. The quantitative estimate of drug-likeness (QED) is 0.735. The Balaban J connectivity index is 2.22. The highest BCUT2D eigenvalue weighted by atomic mass is 16.5. The minimum absolute atomic E-state index is 0.402. The molecule has 0 aromatic carbocycles. The van der Waals surface area contributed by atoms with Gasteiger partial charge < -0.3 is 15.4 Å². The van der Waals surface area contributed by atoms with Gasteiger partial charge in [0.15, 0.2) is 11.6 Å². The van der Waals surface area contributed by atoms with E-state index in [1.54, 1.807) is 13.3 Å². The summed E-state index contributed by atoms with van der Waals surface area (Å²) < 4.78 is 5.19. The van der Waals surface area contributed by atoms with Gasteiger partial charge in [-0.1, -0.05) is 0 Å². The number of hydrogen-bond acceptors (Lipinski definition) is 5. The van der Waals surface area contributed by atoms with E-state index in [0.29, 0.717) is 18.3 Å². The van der Waals surface area contributed by atoms with Crippen molar-refractivity contribution in [2.75, 3.05) is 25.1 Å². The zero-order valence-electron chi connectivity index (χ0n) is 8.18. The van der Waals surface area contributed by atoms with Crippen molar-refractivity contribution in [3.05, 3.63) is 12.5 Å². The van der Waals surface area contributed by atoms with E-state index in [0.717, 1.165) is 18.8 Å². The molecule has 2 heterocycles. The molecule has 0 spiro atoms. The molecule has 76 valence electrons. The van der Waals surface area contributed by atoms with Crippen LogP contribution < -0.4 is 15.4 Å². The lowest BCUT2D eigenvalue weighted by atomic mass is 10.0. The van der Waals surface area contributed by atoms with Crippen LogP contribution in [-0.2, 0) is 0 Å². The highest BCUT2D eigenvalue weighted by Crippen LogP contribution is 2.30. The lowest BCUT2D eigenvalue weighted by molar-refractivity contribution is 0.394. The Labute approximate surface area is 82.9 Å². The molecule has 1 aliphatic rings. The highest BCUT2D eigenvalue weighted by molar-refractivity contribution is 5.53. The highest BCUT2D eigenvalue weighted by Gasteiger charge is 2.29. The van der Waals surface area contributed by atoms with Crippen LogP contribution in [0.3, 0.4) is 0 Å². The van der Waals surface area contributed by atoms with Gasteiger partial charge in [0.25, 0.3) is 0 Å². The summed E-state index contributed by atoms with van der Waals surface area (Å²) in [5, 5.41) is 0. The molecule has 2 rings (SSSR count). The van der Waals surface area contributed by atoms with Gasteiger partial charge in [-0.15, -0.1) is 0 Å². The molecule has 1 saturated heterocycles. The third kappa shape index (κ3) is 1.39. The number of anilines is 1. The molecular formula is C9H14N4O. The molecule has 1 aliphatic heterocycles. The lowest BCUT2D eigenvalue weighted by Crippen LogP contribution is -2.52. The van der Waals surface area contributed by atoms with Crippen LogP contribution in [0.4, 0.5) is 5.82 Å². The van der Waals surface area contributed by atoms with Gasteiger partial charge in [0.05, 0.1) is 13.3 Å². The summed E-state index contributed by atoms with van der Waals surface area (Å²) in [6.07, 6.45) is 4.33. The fourth-order valence-electron chi connectivity index (χ4n) is 1.63. The van der Waals surface area contributed by atoms with E-state index < -0.39 is 0 Å². The average Bonchev–Trinajstić information content (AvgIpc) is 2.18.